The number of rotatable bonds is 2. The zero-order chi connectivity index (χ0) is 12.1. The van der Waals surface area contributed by atoms with Crippen molar-refractivity contribution < 1.29 is 0 Å². The van der Waals surface area contributed by atoms with Crippen LogP contribution in [0, 0.1) is 0 Å². The minimum Gasteiger partial charge on any atom is -0.355 e. The van der Waals surface area contributed by atoms with E-state index in [4.69, 9.17) is 23.2 Å². The predicted molar refractivity (Wildman–Crippen MR) is 69.9 cm³/mol. The predicted octanol–water partition coefficient (Wildman–Crippen LogP) is 1.66. The van der Waals surface area contributed by atoms with E-state index in [2.05, 4.69) is 25.8 Å². The molecule has 7 heteroatoms. The highest BCUT2D eigenvalue weighted by molar-refractivity contribution is 6.32. The van der Waals surface area contributed by atoms with Crippen molar-refractivity contribution in [1.29, 1.82) is 0 Å². The molecule has 2 heterocycles. The van der Waals surface area contributed by atoms with Crippen molar-refractivity contribution in [2.75, 3.05) is 13.1 Å². The van der Waals surface area contributed by atoms with Gasteiger partial charge < -0.3 is 5.32 Å². The Labute approximate surface area is 109 Å². The summed E-state index contributed by atoms with van der Waals surface area (Å²) in [5.41, 5.74) is 3.59. The summed E-state index contributed by atoms with van der Waals surface area (Å²) in [6.45, 7) is 1.73. The first kappa shape index (κ1) is 12.1. The van der Waals surface area contributed by atoms with Crippen LogP contribution in [0.15, 0.2) is 22.2 Å². The first-order valence-corrected chi connectivity index (χ1v) is 5.90. The third-order valence-corrected chi connectivity index (χ3v) is 2.45. The van der Waals surface area contributed by atoms with Gasteiger partial charge in [-0.2, -0.15) is 5.10 Å². The fourth-order valence-electron chi connectivity index (χ4n) is 1.33. The van der Waals surface area contributed by atoms with Crippen LogP contribution in [0.1, 0.15) is 12.0 Å². The molecule has 90 valence electrons. The number of hydrazone groups is 1. The van der Waals surface area contributed by atoms with Crippen molar-refractivity contribution in [3.05, 3.63) is 28.0 Å². The second-order valence-electron chi connectivity index (χ2n) is 3.43. The lowest BCUT2D eigenvalue weighted by atomic mass is 10.3. The molecule has 0 atom stereocenters. The van der Waals surface area contributed by atoms with Gasteiger partial charge in [0.25, 0.3) is 0 Å². The van der Waals surface area contributed by atoms with Crippen LogP contribution in [0.25, 0.3) is 0 Å². The van der Waals surface area contributed by atoms with Crippen molar-refractivity contribution >= 4 is 35.4 Å². The number of aromatic nitrogens is 1. The molecule has 0 bridgehead atoms. The van der Waals surface area contributed by atoms with E-state index in [9.17, 15) is 0 Å². The smallest absolute Gasteiger partial charge is 0.212 e. The minimum absolute atomic E-state index is 0.340. The summed E-state index contributed by atoms with van der Waals surface area (Å²) in [6, 6.07) is 3.35. The van der Waals surface area contributed by atoms with Gasteiger partial charge in [0.15, 0.2) is 0 Å². The van der Waals surface area contributed by atoms with Gasteiger partial charge in [-0.25, -0.2) is 10.4 Å². The van der Waals surface area contributed by atoms with E-state index in [1.165, 1.54) is 0 Å². The molecule has 0 spiro atoms. The Kier molecular flexibility index (Phi) is 4.17. The lowest BCUT2D eigenvalue weighted by Gasteiger charge is -2.12. The maximum atomic E-state index is 5.76. The van der Waals surface area contributed by atoms with Gasteiger partial charge in [-0.15, -0.1) is 0 Å². The average molecular weight is 272 g/mol. The second-order valence-corrected chi connectivity index (χ2v) is 4.20. The minimum atomic E-state index is 0.340. The number of pyridine rings is 1. The van der Waals surface area contributed by atoms with Crippen LogP contribution < -0.4 is 10.7 Å². The number of guanidine groups is 1. The van der Waals surface area contributed by atoms with E-state index in [-0.39, 0.29) is 0 Å². The highest BCUT2D eigenvalue weighted by Crippen LogP contribution is 2.12. The third-order valence-electron chi connectivity index (χ3n) is 2.07. The van der Waals surface area contributed by atoms with Crippen LogP contribution in [0.4, 0.5) is 0 Å². The molecular weight excluding hydrogens is 261 g/mol. The molecule has 5 nitrogen and oxygen atoms in total. The van der Waals surface area contributed by atoms with E-state index in [1.54, 1.807) is 18.3 Å². The van der Waals surface area contributed by atoms with Crippen LogP contribution in [0.5, 0.6) is 0 Å². The summed E-state index contributed by atoms with van der Waals surface area (Å²) in [4.78, 5) is 8.06. The Morgan fingerprint density at radius 2 is 2.12 bits per heavy atom. The number of nitrogens with one attached hydrogen (secondary N) is 2. The van der Waals surface area contributed by atoms with E-state index >= 15 is 0 Å². The number of hydrogen-bond donors (Lipinski definition) is 2. The molecule has 17 heavy (non-hydrogen) atoms. The Balaban J connectivity index is 1.97. The van der Waals surface area contributed by atoms with Gasteiger partial charge in [0.05, 0.1) is 6.21 Å². The number of hydrogen-bond acceptors (Lipinski definition) is 5. The molecular formula is C10H11Cl2N5. The molecule has 2 rings (SSSR count). The van der Waals surface area contributed by atoms with Gasteiger partial charge in [0.1, 0.15) is 10.3 Å². The Morgan fingerprint density at radius 3 is 2.76 bits per heavy atom. The highest BCUT2D eigenvalue weighted by atomic mass is 35.5. The van der Waals surface area contributed by atoms with E-state index in [0.29, 0.717) is 16.3 Å². The molecule has 0 saturated heterocycles. The summed E-state index contributed by atoms with van der Waals surface area (Å²) in [6.07, 6.45) is 2.66. The molecule has 0 saturated carbocycles. The molecule has 1 aliphatic heterocycles. The van der Waals surface area contributed by atoms with Gasteiger partial charge in [-0.05, 0) is 18.6 Å². The van der Waals surface area contributed by atoms with Crippen molar-refractivity contribution in [2.45, 2.75) is 6.42 Å². The van der Waals surface area contributed by atoms with Gasteiger partial charge in [0.2, 0.25) is 5.96 Å². The molecule has 0 amide bonds. The standard InChI is InChI=1S/C10H11Cl2N5/c11-8-4-7(5-9(12)16-8)6-15-17-10-13-2-1-3-14-10/h4-6H,1-3H2,(H2,13,14,17)/b15-6+. The molecule has 1 aromatic rings. The fraction of sp³-hybridized carbons (Fsp3) is 0.300. The molecule has 1 aromatic heterocycles. The molecule has 1 aliphatic rings. The van der Waals surface area contributed by atoms with E-state index in [0.717, 1.165) is 25.1 Å². The lowest BCUT2D eigenvalue weighted by molar-refractivity contribution is 0.712. The first-order valence-electron chi connectivity index (χ1n) is 5.14. The van der Waals surface area contributed by atoms with Crippen LogP contribution in [0.2, 0.25) is 10.3 Å². The van der Waals surface area contributed by atoms with E-state index < -0.39 is 0 Å². The highest BCUT2D eigenvalue weighted by Gasteiger charge is 2.01. The largest absolute Gasteiger partial charge is 0.355 e. The van der Waals surface area contributed by atoms with Crippen molar-refractivity contribution in [3.8, 4) is 0 Å². The van der Waals surface area contributed by atoms with Crippen LogP contribution in [0.3, 0.4) is 0 Å². The van der Waals surface area contributed by atoms with Crippen molar-refractivity contribution in [2.24, 2.45) is 10.1 Å². The first-order chi connectivity index (χ1) is 8.24. The molecule has 0 aromatic carbocycles. The maximum absolute atomic E-state index is 5.76. The van der Waals surface area contributed by atoms with Crippen LogP contribution in [-0.2, 0) is 0 Å². The molecule has 0 radical (unpaired) electrons. The zero-order valence-corrected chi connectivity index (χ0v) is 10.5. The molecule has 0 fully saturated rings. The summed E-state index contributed by atoms with van der Waals surface area (Å²) in [5.74, 6) is 0.679. The second kappa shape index (κ2) is 5.84. The topological polar surface area (TPSA) is 61.7 Å². The van der Waals surface area contributed by atoms with Gasteiger partial charge in [-0.3, -0.25) is 4.99 Å². The maximum Gasteiger partial charge on any atom is 0.212 e. The molecule has 2 N–H and O–H groups in total. The van der Waals surface area contributed by atoms with Gasteiger partial charge in [0, 0.05) is 18.7 Å². The summed E-state index contributed by atoms with van der Waals surface area (Å²) in [7, 11) is 0. The Hall–Kier alpha value is -1.33. The fourth-order valence-corrected chi connectivity index (χ4v) is 1.81. The van der Waals surface area contributed by atoms with Crippen molar-refractivity contribution in [3.63, 3.8) is 0 Å². The van der Waals surface area contributed by atoms with E-state index in [1.807, 2.05) is 0 Å². The SMILES string of the molecule is Clc1cc(/C=N/NC2=NCCCN2)cc(Cl)n1. The molecule has 0 aliphatic carbocycles. The monoisotopic (exact) mass is 271 g/mol. The number of aliphatic imine (C=N–C) groups is 1. The van der Waals surface area contributed by atoms with Crippen LogP contribution in [-0.4, -0.2) is 30.2 Å². The zero-order valence-electron chi connectivity index (χ0n) is 8.95. The molecule has 0 unspecified atom stereocenters. The van der Waals surface area contributed by atoms with Gasteiger partial charge in [-0.1, -0.05) is 23.2 Å². The normalized spacial score (nSPS) is 15.5. The Morgan fingerprint density at radius 1 is 1.35 bits per heavy atom. The van der Waals surface area contributed by atoms with Crippen molar-refractivity contribution in [1.82, 2.24) is 15.7 Å². The summed E-state index contributed by atoms with van der Waals surface area (Å²) in [5, 5.41) is 7.80. The quantitative estimate of drug-likeness (QED) is 0.489. The van der Waals surface area contributed by atoms with Gasteiger partial charge >= 0.3 is 0 Å². The third kappa shape index (κ3) is 3.87. The Bertz CT molecular complexity index is 438. The summed E-state index contributed by atoms with van der Waals surface area (Å²) >= 11 is 11.5. The average Bonchev–Trinajstić information content (AvgIpc) is 2.29. The number of halogens is 2. The number of nitrogens with zero attached hydrogens (tertiary/aromatic N) is 3. The lowest BCUT2D eigenvalue weighted by Crippen LogP contribution is -2.38. The summed E-state index contributed by atoms with van der Waals surface area (Å²) < 4.78 is 0. The van der Waals surface area contributed by atoms with Crippen LogP contribution >= 0.6 is 23.2 Å².